The Morgan fingerprint density at radius 2 is 2.18 bits per heavy atom. The summed E-state index contributed by atoms with van der Waals surface area (Å²) in [4.78, 5) is 11.1. The minimum absolute atomic E-state index is 0.399. The highest BCUT2D eigenvalue weighted by atomic mass is 32.2. The summed E-state index contributed by atoms with van der Waals surface area (Å²) in [5.41, 5.74) is -0.413. The zero-order valence-corrected chi connectivity index (χ0v) is 10.0. The van der Waals surface area contributed by atoms with Crippen molar-refractivity contribution in [1.29, 1.82) is 0 Å². The van der Waals surface area contributed by atoms with Gasteiger partial charge in [-0.1, -0.05) is 6.42 Å². The van der Waals surface area contributed by atoms with Crippen LogP contribution >= 0.6 is 0 Å². The van der Waals surface area contributed by atoms with E-state index in [-0.39, 0.29) is 0 Å². The number of hydrogen-bond donors (Lipinski definition) is 1. The summed E-state index contributed by atoms with van der Waals surface area (Å²) >= 11 is 0. The third-order valence-electron chi connectivity index (χ3n) is 3.04. The highest BCUT2D eigenvalue weighted by molar-refractivity contribution is 7.85. The molecule has 17 heavy (non-hydrogen) atoms. The lowest BCUT2D eigenvalue weighted by Gasteiger charge is -2.24. The van der Waals surface area contributed by atoms with E-state index in [1.54, 1.807) is 0 Å². The van der Waals surface area contributed by atoms with Gasteiger partial charge in [-0.05, 0) is 37.0 Å². The van der Waals surface area contributed by atoms with E-state index in [1.807, 2.05) is 0 Å². The molecular weight excluding hydrogens is 243 g/mol. The van der Waals surface area contributed by atoms with Gasteiger partial charge in [0, 0.05) is 10.6 Å². The van der Waals surface area contributed by atoms with Gasteiger partial charge in [-0.15, -0.1) is 0 Å². The van der Waals surface area contributed by atoms with E-state index in [0.29, 0.717) is 16.6 Å². The van der Waals surface area contributed by atoms with E-state index in [1.165, 1.54) is 18.6 Å². The average Bonchev–Trinajstić information content (AvgIpc) is 2.23. The largest absolute Gasteiger partial charge is 0.478 e. The number of halogens is 1. The Bertz CT molecular complexity index is 469. The number of aromatic carboxylic acids is 1. The van der Waals surface area contributed by atoms with Gasteiger partial charge in [0.25, 0.3) is 0 Å². The molecule has 1 aromatic carbocycles. The Hall–Kier alpha value is -1.23. The molecule has 0 spiro atoms. The molecule has 0 heterocycles. The quantitative estimate of drug-likeness (QED) is 0.900. The molecule has 1 fully saturated rings. The van der Waals surface area contributed by atoms with Crippen molar-refractivity contribution in [3.63, 3.8) is 0 Å². The summed E-state index contributed by atoms with van der Waals surface area (Å²) in [7, 11) is -1.23. The molecular formula is C12H13FO3S. The molecule has 92 valence electrons. The second-order valence-corrected chi connectivity index (χ2v) is 5.75. The van der Waals surface area contributed by atoms with Gasteiger partial charge in [-0.2, -0.15) is 0 Å². The molecule has 1 atom stereocenters. The van der Waals surface area contributed by atoms with Crippen LogP contribution in [-0.2, 0) is 10.8 Å². The van der Waals surface area contributed by atoms with E-state index in [0.717, 1.165) is 18.9 Å². The van der Waals surface area contributed by atoms with Crippen LogP contribution in [0.4, 0.5) is 4.39 Å². The number of carboxylic acid groups (broad SMARTS) is 1. The summed E-state index contributed by atoms with van der Waals surface area (Å²) in [5.74, 6) is -1.11. The molecule has 1 aliphatic carbocycles. The van der Waals surface area contributed by atoms with Crippen LogP contribution in [0.2, 0.25) is 0 Å². The van der Waals surface area contributed by atoms with Crippen LogP contribution in [0.3, 0.4) is 0 Å². The first-order chi connectivity index (χ1) is 8.08. The zero-order valence-electron chi connectivity index (χ0n) is 9.19. The van der Waals surface area contributed by atoms with Gasteiger partial charge in [0.05, 0.1) is 16.4 Å². The maximum absolute atomic E-state index is 13.1. The molecule has 0 aliphatic heterocycles. The Balaban J connectivity index is 2.17. The molecule has 0 aromatic heterocycles. The number of hydrogen-bond acceptors (Lipinski definition) is 2. The second kappa shape index (κ2) is 4.96. The molecule has 1 saturated carbocycles. The Morgan fingerprint density at radius 3 is 2.71 bits per heavy atom. The Labute approximate surface area is 101 Å². The van der Waals surface area contributed by atoms with Gasteiger partial charge in [0.1, 0.15) is 5.82 Å². The van der Waals surface area contributed by atoms with E-state index in [9.17, 15) is 13.4 Å². The lowest BCUT2D eigenvalue weighted by Crippen LogP contribution is -2.19. The first-order valence-corrected chi connectivity index (χ1v) is 6.81. The third kappa shape index (κ3) is 2.72. The summed E-state index contributed by atoms with van der Waals surface area (Å²) in [6.45, 7) is 0. The van der Waals surface area contributed by atoms with Crippen molar-refractivity contribution in [2.45, 2.75) is 24.2 Å². The van der Waals surface area contributed by atoms with Crippen LogP contribution in [0.15, 0.2) is 23.1 Å². The van der Waals surface area contributed by atoms with Gasteiger partial charge >= 0.3 is 5.97 Å². The van der Waals surface area contributed by atoms with E-state index < -0.39 is 28.1 Å². The molecule has 1 aromatic rings. The number of carbonyl (C=O) groups is 1. The Kier molecular flexibility index (Phi) is 3.57. The first-order valence-electron chi connectivity index (χ1n) is 5.49. The molecule has 1 aliphatic rings. The van der Waals surface area contributed by atoms with Gasteiger partial charge in [0.15, 0.2) is 0 Å². The topological polar surface area (TPSA) is 54.4 Å². The molecule has 1 unspecified atom stereocenters. The smallest absolute Gasteiger partial charge is 0.338 e. The van der Waals surface area contributed by atoms with Crippen molar-refractivity contribution >= 4 is 16.8 Å². The normalized spacial score (nSPS) is 17.5. The molecule has 3 nitrogen and oxygen atoms in total. The van der Waals surface area contributed by atoms with Crippen LogP contribution in [0.25, 0.3) is 0 Å². The summed E-state index contributed by atoms with van der Waals surface area (Å²) in [5, 5.41) is 8.77. The summed E-state index contributed by atoms with van der Waals surface area (Å²) in [6.07, 6.45) is 3.34. The molecule has 0 radical (unpaired) electrons. The molecule has 1 N–H and O–H groups in total. The van der Waals surface area contributed by atoms with Gasteiger partial charge in [-0.25, -0.2) is 9.18 Å². The van der Waals surface area contributed by atoms with Gasteiger partial charge in [0.2, 0.25) is 0 Å². The predicted molar refractivity (Wildman–Crippen MR) is 62.0 cm³/mol. The van der Waals surface area contributed by atoms with Crippen LogP contribution in [0.5, 0.6) is 0 Å². The van der Waals surface area contributed by atoms with Crippen molar-refractivity contribution in [1.82, 2.24) is 0 Å². The Morgan fingerprint density at radius 1 is 1.47 bits per heavy atom. The lowest BCUT2D eigenvalue weighted by atomic mass is 9.87. The van der Waals surface area contributed by atoms with Gasteiger partial charge in [-0.3, -0.25) is 4.21 Å². The third-order valence-corrected chi connectivity index (χ3v) is 4.60. The maximum atomic E-state index is 13.1. The molecule has 0 bridgehead atoms. The monoisotopic (exact) mass is 256 g/mol. The summed E-state index contributed by atoms with van der Waals surface area (Å²) < 4.78 is 25.1. The minimum Gasteiger partial charge on any atom is -0.478 e. The SMILES string of the molecule is O=C(O)c1cc(S(=O)CC2CCC2)ccc1F. The fraction of sp³-hybridized carbons (Fsp3) is 0.417. The lowest BCUT2D eigenvalue weighted by molar-refractivity contribution is 0.0691. The fourth-order valence-electron chi connectivity index (χ4n) is 1.78. The van der Waals surface area contributed by atoms with E-state index in [4.69, 9.17) is 5.11 Å². The standard InChI is InChI=1S/C12H13FO3S/c13-11-5-4-9(6-10(11)12(14)15)17(16)7-8-2-1-3-8/h4-6,8H,1-3,7H2,(H,14,15). The average molecular weight is 256 g/mol. The highest BCUT2D eigenvalue weighted by Gasteiger charge is 2.21. The molecule has 0 saturated heterocycles. The van der Waals surface area contributed by atoms with Gasteiger partial charge < -0.3 is 5.11 Å². The second-order valence-electron chi connectivity index (χ2n) is 4.26. The van der Waals surface area contributed by atoms with Crippen LogP contribution in [-0.4, -0.2) is 21.0 Å². The highest BCUT2D eigenvalue weighted by Crippen LogP contribution is 2.28. The fourth-order valence-corrected chi connectivity index (χ4v) is 3.20. The molecule has 0 amide bonds. The van der Waals surface area contributed by atoms with Crippen molar-refractivity contribution in [3.8, 4) is 0 Å². The minimum atomic E-state index is -1.33. The van der Waals surface area contributed by atoms with Crippen LogP contribution < -0.4 is 0 Å². The number of benzene rings is 1. The van der Waals surface area contributed by atoms with E-state index >= 15 is 0 Å². The van der Waals surface area contributed by atoms with Crippen molar-refractivity contribution in [3.05, 3.63) is 29.6 Å². The van der Waals surface area contributed by atoms with Crippen LogP contribution in [0.1, 0.15) is 29.6 Å². The first kappa shape index (κ1) is 12.2. The van der Waals surface area contributed by atoms with Crippen molar-refractivity contribution in [2.75, 3.05) is 5.75 Å². The number of carboxylic acids is 1. The van der Waals surface area contributed by atoms with Crippen molar-refractivity contribution < 1.29 is 18.5 Å². The number of rotatable bonds is 4. The summed E-state index contributed by atoms with van der Waals surface area (Å²) in [6, 6.07) is 3.64. The maximum Gasteiger partial charge on any atom is 0.338 e. The van der Waals surface area contributed by atoms with Crippen molar-refractivity contribution in [2.24, 2.45) is 5.92 Å². The van der Waals surface area contributed by atoms with Crippen LogP contribution in [0, 0.1) is 11.7 Å². The molecule has 2 rings (SSSR count). The predicted octanol–water partition coefficient (Wildman–Crippen LogP) is 2.43. The van der Waals surface area contributed by atoms with E-state index in [2.05, 4.69) is 0 Å². The molecule has 5 heteroatoms. The zero-order chi connectivity index (χ0) is 12.4.